The van der Waals surface area contributed by atoms with Crippen LogP contribution in [-0.2, 0) is 6.54 Å². The number of aryl methyl sites for hydroxylation is 1. The van der Waals surface area contributed by atoms with Crippen LogP contribution in [0, 0.1) is 6.92 Å². The monoisotopic (exact) mass is 206 g/mol. The first-order chi connectivity index (χ1) is 7.25. The normalized spacial score (nSPS) is 10.2. The van der Waals surface area contributed by atoms with Gasteiger partial charge in [0.25, 0.3) is 5.56 Å². The van der Waals surface area contributed by atoms with E-state index in [0.29, 0.717) is 12.3 Å². The lowest BCUT2D eigenvalue weighted by molar-refractivity contribution is 0.384. The van der Waals surface area contributed by atoms with Gasteiger partial charge in [-0.15, -0.1) is 0 Å². The number of aromatic nitrogens is 3. The molecular formula is C9H10N4O2. The van der Waals surface area contributed by atoms with Gasteiger partial charge < -0.3 is 14.8 Å². The summed E-state index contributed by atoms with van der Waals surface area (Å²) in [5.74, 6) is 0.934. The number of nitrogens with zero attached hydrogens (tertiary/aromatic N) is 2. The first-order valence-corrected chi connectivity index (χ1v) is 4.45. The molecule has 15 heavy (non-hydrogen) atoms. The average Bonchev–Trinajstić information content (AvgIpc) is 2.63. The van der Waals surface area contributed by atoms with Crippen molar-refractivity contribution < 1.29 is 4.52 Å². The first-order valence-electron chi connectivity index (χ1n) is 4.45. The zero-order chi connectivity index (χ0) is 10.7. The Morgan fingerprint density at radius 1 is 1.60 bits per heavy atom. The van der Waals surface area contributed by atoms with Crippen LogP contribution in [0.15, 0.2) is 27.8 Å². The second kappa shape index (κ2) is 3.95. The summed E-state index contributed by atoms with van der Waals surface area (Å²) in [6.07, 6.45) is 2.99. The molecule has 0 radical (unpaired) electrons. The van der Waals surface area contributed by atoms with Crippen molar-refractivity contribution in [1.82, 2.24) is 15.1 Å². The van der Waals surface area contributed by atoms with E-state index in [4.69, 9.17) is 4.52 Å². The number of hydrogen-bond donors (Lipinski definition) is 2. The summed E-state index contributed by atoms with van der Waals surface area (Å²) >= 11 is 0. The van der Waals surface area contributed by atoms with Crippen molar-refractivity contribution in [1.29, 1.82) is 0 Å². The molecule has 2 rings (SSSR count). The van der Waals surface area contributed by atoms with Crippen molar-refractivity contribution >= 4 is 5.82 Å². The Morgan fingerprint density at radius 3 is 3.13 bits per heavy atom. The molecular weight excluding hydrogens is 196 g/mol. The van der Waals surface area contributed by atoms with Crippen molar-refractivity contribution in [2.24, 2.45) is 0 Å². The Labute approximate surface area is 85.3 Å². The summed E-state index contributed by atoms with van der Waals surface area (Å²) < 4.78 is 4.97. The number of H-pyrrole nitrogens is 1. The lowest BCUT2D eigenvalue weighted by atomic mass is 10.4. The molecule has 0 saturated carbocycles. The van der Waals surface area contributed by atoms with Gasteiger partial charge in [-0.3, -0.25) is 4.79 Å². The smallest absolute Gasteiger partial charge is 0.290 e. The molecule has 0 fully saturated rings. The molecule has 0 atom stereocenters. The molecule has 0 aliphatic heterocycles. The highest BCUT2D eigenvalue weighted by atomic mass is 16.5. The molecule has 6 nitrogen and oxygen atoms in total. The van der Waals surface area contributed by atoms with Gasteiger partial charge in [0, 0.05) is 18.5 Å². The van der Waals surface area contributed by atoms with E-state index in [0.717, 1.165) is 5.69 Å². The number of hydrogen-bond acceptors (Lipinski definition) is 5. The number of nitrogens with one attached hydrogen (secondary N) is 2. The van der Waals surface area contributed by atoms with Crippen LogP contribution in [0.4, 0.5) is 5.82 Å². The summed E-state index contributed by atoms with van der Waals surface area (Å²) in [5, 5.41) is 6.58. The predicted molar refractivity (Wildman–Crippen MR) is 53.4 cm³/mol. The Bertz CT molecular complexity index is 503. The fourth-order valence-corrected chi connectivity index (χ4v) is 1.15. The minimum Gasteiger partial charge on any atom is -0.359 e. The van der Waals surface area contributed by atoms with Gasteiger partial charge in [0.15, 0.2) is 11.6 Å². The van der Waals surface area contributed by atoms with Gasteiger partial charge >= 0.3 is 0 Å². The van der Waals surface area contributed by atoms with Gasteiger partial charge in [-0.2, -0.15) is 0 Å². The molecule has 78 valence electrons. The molecule has 0 bridgehead atoms. The van der Waals surface area contributed by atoms with E-state index >= 15 is 0 Å². The largest absolute Gasteiger partial charge is 0.359 e. The molecule has 0 aliphatic rings. The topological polar surface area (TPSA) is 83.8 Å². The third-order valence-electron chi connectivity index (χ3n) is 1.81. The maximum atomic E-state index is 11.2. The van der Waals surface area contributed by atoms with Crippen LogP contribution < -0.4 is 10.9 Å². The van der Waals surface area contributed by atoms with Gasteiger partial charge in [0.1, 0.15) is 0 Å². The van der Waals surface area contributed by atoms with Crippen LogP contribution in [0.3, 0.4) is 0 Å². The molecule has 2 N–H and O–H groups in total. The SMILES string of the molecule is Cc1cc(CNc2ncc[nH]c2=O)on1. The molecule has 0 aliphatic carbocycles. The first kappa shape index (κ1) is 9.45. The second-order valence-corrected chi connectivity index (χ2v) is 3.06. The van der Waals surface area contributed by atoms with Crippen molar-refractivity contribution in [3.8, 4) is 0 Å². The van der Waals surface area contributed by atoms with Crippen LogP contribution >= 0.6 is 0 Å². The highest BCUT2D eigenvalue weighted by molar-refractivity contribution is 5.30. The molecule has 2 aromatic heterocycles. The van der Waals surface area contributed by atoms with E-state index < -0.39 is 0 Å². The van der Waals surface area contributed by atoms with E-state index in [-0.39, 0.29) is 11.4 Å². The van der Waals surface area contributed by atoms with Crippen molar-refractivity contribution in [3.05, 3.63) is 40.3 Å². The fraction of sp³-hybridized carbons (Fsp3) is 0.222. The molecule has 0 amide bonds. The maximum Gasteiger partial charge on any atom is 0.290 e. The van der Waals surface area contributed by atoms with Gasteiger partial charge in [-0.25, -0.2) is 4.98 Å². The molecule has 0 aromatic carbocycles. The minimum atomic E-state index is -0.256. The summed E-state index contributed by atoms with van der Waals surface area (Å²) in [7, 11) is 0. The fourth-order valence-electron chi connectivity index (χ4n) is 1.15. The Balaban J connectivity index is 2.05. The highest BCUT2D eigenvalue weighted by Crippen LogP contribution is 2.03. The van der Waals surface area contributed by atoms with Crippen LogP contribution in [-0.4, -0.2) is 15.1 Å². The Morgan fingerprint density at radius 2 is 2.47 bits per heavy atom. The standard InChI is InChI=1S/C9H10N4O2/c1-6-4-7(15-13-6)5-12-8-9(14)11-3-2-10-8/h2-4H,5H2,1H3,(H,10,12)(H,11,14). The zero-order valence-corrected chi connectivity index (χ0v) is 8.15. The van der Waals surface area contributed by atoms with E-state index in [1.54, 1.807) is 6.07 Å². The van der Waals surface area contributed by atoms with Crippen LogP contribution in [0.2, 0.25) is 0 Å². The second-order valence-electron chi connectivity index (χ2n) is 3.06. The molecule has 6 heteroatoms. The molecule has 0 saturated heterocycles. The van der Waals surface area contributed by atoms with Crippen LogP contribution in [0.25, 0.3) is 0 Å². The van der Waals surface area contributed by atoms with Gasteiger partial charge in [0.05, 0.1) is 12.2 Å². The summed E-state index contributed by atoms with van der Waals surface area (Å²) in [5.41, 5.74) is 0.551. The van der Waals surface area contributed by atoms with E-state index in [2.05, 4.69) is 20.4 Å². The maximum absolute atomic E-state index is 11.2. The Kier molecular flexibility index (Phi) is 2.49. The van der Waals surface area contributed by atoms with E-state index in [1.807, 2.05) is 6.92 Å². The highest BCUT2D eigenvalue weighted by Gasteiger charge is 2.02. The summed E-state index contributed by atoms with van der Waals surface area (Å²) in [4.78, 5) is 17.6. The van der Waals surface area contributed by atoms with Crippen molar-refractivity contribution in [2.45, 2.75) is 13.5 Å². The van der Waals surface area contributed by atoms with E-state index in [9.17, 15) is 4.79 Å². The lowest BCUT2D eigenvalue weighted by Crippen LogP contribution is -2.14. The van der Waals surface area contributed by atoms with Crippen LogP contribution in [0.5, 0.6) is 0 Å². The van der Waals surface area contributed by atoms with E-state index in [1.165, 1.54) is 12.4 Å². The molecule has 0 unspecified atom stereocenters. The summed E-state index contributed by atoms with van der Waals surface area (Å²) in [6.45, 7) is 2.22. The van der Waals surface area contributed by atoms with Crippen molar-refractivity contribution in [2.75, 3.05) is 5.32 Å². The lowest BCUT2D eigenvalue weighted by Gasteiger charge is -1.99. The van der Waals surface area contributed by atoms with Crippen LogP contribution in [0.1, 0.15) is 11.5 Å². The average molecular weight is 206 g/mol. The molecule has 0 spiro atoms. The molecule has 2 aromatic rings. The third kappa shape index (κ3) is 2.22. The number of aromatic amines is 1. The number of rotatable bonds is 3. The van der Waals surface area contributed by atoms with Crippen molar-refractivity contribution in [3.63, 3.8) is 0 Å². The third-order valence-corrected chi connectivity index (χ3v) is 1.81. The Hall–Kier alpha value is -2.11. The minimum absolute atomic E-state index is 0.256. The van der Waals surface area contributed by atoms with Gasteiger partial charge in [-0.1, -0.05) is 5.16 Å². The van der Waals surface area contributed by atoms with Gasteiger partial charge in [0.2, 0.25) is 0 Å². The van der Waals surface area contributed by atoms with Gasteiger partial charge in [-0.05, 0) is 6.92 Å². The molecule has 2 heterocycles. The number of anilines is 1. The summed E-state index contributed by atoms with van der Waals surface area (Å²) in [6, 6.07) is 1.80. The quantitative estimate of drug-likeness (QED) is 0.771. The zero-order valence-electron chi connectivity index (χ0n) is 8.15. The predicted octanol–water partition coefficient (Wildman–Crippen LogP) is 0.678.